The Kier molecular flexibility index (Phi) is 5.19. The highest BCUT2D eigenvalue weighted by atomic mass is 35.5. The number of benzene rings is 1. The zero-order valence-corrected chi connectivity index (χ0v) is 10.4. The van der Waals surface area contributed by atoms with E-state index in [1.165, 1.54) is 13.2 Å². The second kappa shape index (κ2) is 6.18. The lowest BCUT2D eigenvalue weighted by atomic mass is 9.96. The van der Waals surface area contributed by atoms with Crippen LogP contribution >= 0.6 is 11.6 Å². The fourth-order valence-corrected chi connectivity index (χ4v) is 1.88. The molecule has 0 bridgehead atoms. The third-order valence-electron chi connectivity index (χ3n) is 2.62. The van der Waals surface area contributed by atoms with Gasteiger partial charge in [-0.1, -0.05) is 18.5 Å². The smallest absolute Gasteiger partial charge is 0.130 e. The Hall–Kier alpha value is -0.640. The van der Waals surface area contributed by atoms with Crippen molar-refractivity contribution in [2.75, 3.05) is 13.7 Å². The Morgan fingerprint density at radius 3 is 2.69 bits per heavy atom. The van der Waals surface area contributed by atoms with Gasteiger partial charge in [-0.15, -0.1) is 0 Å². The molecule has 0 aromatic heterocycles. The van der Waals surface area contributed by atoms with E-state index in [2.05, 4.69) is 0 Å². The number of halogens is 2. The third-order valence-corrected chi connectivity index (χ3v) is 2.96. The number of hydrogen-bond acceptors (Lipinski definition) is 2. The first-order chi connectivity index (χ1) is 7.60. The van der Waals surface area contributed by atoms with Gasteiger partial charge in [0.25, 0.3) is 0 Å². The lowest BCUT2D eigenvalue weighted by Gasteiger charge is -2.13. The second-order valence-electron chi connectivity index (χ2n) is 3.87. The molecular formula is C12H17ClFNO. The first-order valence-corrected chi connectivity index (χ1v) is 5.64. The zero-order chi connectivity index (χ0) is 12.1. The Morgan fingerprint density at radius 2 is 2.19 bits per heavy atom. The Balaban J connectivity index is 2.99. The van der Waals surface area contributed by atoms with Gasteiger partial charge in [0.1, 0.15) is 5.82 Å². The average Bonchev–Trinajstić information content (AvgIpc) is 2.23. The lowest BCUT2D eigenvalue weighted by Crippen LogP contribution is -2.06. The lowest BCUT2D eigenvalue weighted by molar-refractivity contribution is 0.181. The maximum absolute atomic E-state index is 13.7. The van der Waals surface area contributed by atoms with Gasteiger partial charge in [0.05, 0.1) is 6.61 Å². The van der Waals surface area contributed by atoms with Crippen LogP contribution in [-0.4, -0.2) is 13.7 Å². The van der Waals surface area contributed by atoms with Crippen LogP contribution in [0.25, 0.3) is 0 Å². The summed E-state index contributed by atoms with van der Waals surface area (Å²) in [5, 5.41) is 0.417. The summed E-state index contributed by atoms with van der Waals surface area (Å²) < 4.78 is 18.6. The molecule has 1 aromatic rings. The van der Waals surface area contributed by atoms with E-state index in [0.717, 1.165) is 12.0 Å². The van der Waals surface area contributed by atoms with E-state index in [1.54, 1.807) is 6.07 Å². The van der Waals surface area contributed by atoms with E-state index in [4.69, 9.17) is 22.1 Å². The van der Waals surface area contributed by atoms with Crippen molar-refractivity contribution in [2.24, 2.45) is 5.73 Å². The maximum atomic E-state index is 13.7. The van der Waals surface area contributed by atoms with Crippen LogP contribution in [0.3, 0.4) is 0 Å². The van der Waals surface area contributed by atoms with Gasteiger partial charge in [-0.3, -0.25) is 0 Å². The maximum Gasteiger partial charge on any atom is 0.130 e. The van der Waals surface area contributed by atoms with Crippen LogP contribution in [-0.2, 0) is 11.3 Å². The van der Waals surface area contributed by atoms with E-state index in [9.17, 15) is 4.39 Å². The van der Waals surface area contributed by atoms with E-state index < -0.39 is 0 Å². The van der Waals surface area contributed by atoms with E-state index in [-0.39, 0.29) is 18.3 Å². The molecule has 0 amide bonds. The zero-order valence-electron chi connectivity index (χ0n) is 9.59. The molecule has 0 aliphatic rings. The molecule has 4 heteroatoms. The summed E-state index contributed by atoms with van der Waals surface area (Å²) in [6.07, 6.45) is 0.819. The molecule has 0 aliphatic carbocycles. The summed E-state index contributed by atoms with van der Waals surface area (Å²) in [5.74, 6) is -0.0955. The highest BCUT2D eigenvalue weighted by molar-refractivity contribution is 6.31. The quantitative estimate of drug-likeness (QED) is 0.865. The summed E-state index contributed by atoms with van der Waals surface area (Å²) in [7, 11) is 1.51. The number of nitrogens with two attached hydrogens (primary N) is 1. The minimum absolute atomic E-state index is 0.191. The molecule has 2 nitrogen and oxygen atoms in total. The van der Waals surface area contributed by atoms with Crippen LogP contribution in [0.1, 0.15) is 30.4 Å². The van der Waals surface area contributed by atoms with Gasteiger partial charge in [-0.25, -0.2) is 4.39 Å². The molecule has 90 valence electrons. The highest BCUT2D eigenvalue weighted by Gasteiger charge is 2.12. The normalized spacial score (nSPS) is 12.8. The molecule has 0 saturated heterocycles. The van der Waals surface area contributed by atoms with Crippen molar-refractivity contribution < 1.29 is 9.13 Å². The minimum Gasteiger partial charge on any atom is -0.380 e. The second-order valence-corrected chi connectivity index (χ2v) is 4.28. The molecule has 2 N–H and O–H groups in total. The molecule has 1 rings (SSSR count). The summed E-state index contributed by atoms with van der Waals surface area (Å²) in [5.41, 5.74) is 6.77. The van der Waals surface area contributed by atoms with Crippen LogP contribution in [0.2, 0.25) is 5.02 Å². The molecule has 1 aromatic carbocycles. The SMILES string of the molecule is COCc1c(F)cc(C(C)CCN)cc1Cl. The molecule has 1 atom stereocenters. The first kappa shape index (κ1) is 13.4. The van der Waals surface area contributed by atoms with E-state index in [1.807, 2.05) is 6.92 Å². The van der Waals surface area contributed by atoms with Crippen LogP contribution in [0.4, 0.5) is 4.39 Å². The molecular weight excluding hydrogens is 229 g/mol. The first-order valence-electron chi connectivity index (χ1n) is 5.27. The Bertz CT molecular complexity index is 334. The number of rotatable bonds is 5. The standard InChI is InChI=1S/C12H17ClFNO/c1-8(3-4-15)9-5-11(13)10(7-16-2)12(14)6-9/h5-6,8H,3-4,7,15H2,1-2H3. The summed E-state index contributed by atoms with van der Waals surface area (Å²) >= 11 is 6.01. The molecule has 16 heavy (non-hydrogen) atoms. The predicted molar refractivity (Wildman–Crippen MR) is 64.2 cm³/mol. The molecule has 0 spiro atoms. The van der Waals surface area contributed by atoms with Gasteiger partial charge < -0.3 is 10.5 Å². The number of hydrogen-bond donors (Lipinski definition) is 1. The largest absolute Gasteiger partial charge is 0.380 e. The van der Waals surface area contributed by atoms with Crippen molar-refractivity contribution >= 4 is 11.6 Å². The molecule has 0 heterocycles. The van der Waals surface area contributed by atoms with Gasteiger partial charge >= 0.3 is 0 Å². The average molecular weight is 246 g/mol. The minimum atomic E-state index is -0.312. The van der Waals surface area contributed by atoms with Gasteiger partial charge in [0.2, 0.25) is 0 Å². The fourth-order valence-electron chi connectivity index (χ4n) is 1.61. The van der Waals surface area contributed by atoms with Crippen molar-refractivity contribution in [1.82, 2.24) is 0 Å². The fraction of sp³-hybridized carbons (Fsp3) is 0.500. The van der Waals surface area contributed by atoms with Gasteiger partial charge in [-0.05, 0) is 36.6 Å². The van der Waals surface area contributed by atoms with Crippen LogP contribution < -0.4 is 5.73 Å². The number of ether oxygens (including phenoxy) is 1. The molecule has 0 saturated carbocycles. The van der Waals surface area contributed by atoms with Crippen molar-refractivity contribution in [3.63, 3.8) is 0 Å². The van der Waals surface area contributed by atoms with Crippen molar-refractivity contribution in [3.8, 4) is 0 Å². The molecule has 0 radical (unpaired) electrons. The van der Waals surface area contributed by atoms with Crippen LogP contribution in [0, 0.1) is 5.82 Å². The Labute approximate surface area is 101 Å². The third kappa shape index (κ3) is 3.17. The molecule has 1 unspecified atom stereocenters. The van der Waals surface area contributed by atoms with Crippen molar-refractivity contribution in [3.05, 3.63) is 34.1 Å². The van der Waals surface area contributed by atoms with E-state index in [0.29, 0.717) is 17.1 Å². The van der Waals surface area contributed by atoms with Crippen LogP contribution in [0.15, 0.2) is 12.1 Å². The molecule has 0 aliphatic heterocycles. The van der Waals surface area contributed by atoms with Gasteiger partial charge in [0.15, 0.2) is 0 Å². The predicted octanol–water partition coefficient (Wildman–Crippen LogP) is 3.08. The Morgan fingerprint density at radius 1 is 1.50 bits per heavy atom. The van der Waals surface area contributed by atoms with Gasteiger partial charge in [-0.2, -0.15) is 0 Å². The van der Waals surface area contributed by atoms with E-state index >= 15 is 0 Å². The number of methoxy groups -OCH3 is 1. The monoisotopic (exact) mass is 245 g/mol. The highest BCUT2D eigenvalue weighted by Crippen LogP contribution is 2.27. The summed E-state index contributed by atoms with van der Waals surface area (Å²) in [6.45, 7) is 2.78. The molecule has 0 fully saturated rings. The summed E-state index contributed by atoms with van der Waals surface area (Å²) in [4.78, 5) is 0. The summed E-state index contributed by atoms with van der Waals surface area (Å²) in [6, 6.07) is 3.31. The van der Waals surface area contributed by atoms with Crippen LogP contribution in [0.5, 0.6) is 0 Å². The van der Waals surface area contributed by atoms with Gasteiger partial charge in [0, 0.05) is 17.7 Å². The topological polar surface area (TPSA) is 35.2 Å². The van der Waals surface area contributed by atoms with Crippen molar-refractivity contribution in [2.45, 2.75) is 25.9 Å². The van der Waals surface area contributed by atoms with Crippen molar-refractivity contribution in [1.29, 1.82) is 0 Å².